The van der Waals surface area contributed by atoms with Crippen LogP contribution in [-0.2, 0) is 65.4 Å². The van der Waals surface area contributed by atoms with Gasteiger partial charge in [0, 0.05) is 65.4 Å². The molecular weight excluding hydrogens is 298 g/mol. The molecule has 0 saturated carbocycles. The summed E-state index contributed by atoms with van der Waals surface area (Å²) in [6.45, 7) is 4.25. The van der Waals surface area contributed by atoms with Crippen LogP contribution in [0, 0.1) is 12.5 Å². The summed E-state index contributed by atoms with van der Waals surface area (Å²) in [6, 6.07) is 11.3. The summed E-state index contributed by atoms with van der Waals surface area (Å²) in [4.78, 5) is 0. The summed E-state index contributed by atoms with van der Waals surface area (Å²) in [6.07, 6.45) is 2.17. The zero-order valence-electron chi connectivity index (χ0n) is 7.62. The van der Waals surface area contributed by atoms with E-state index in [9.17, 15) is 0 Å². The minimum Gasteiger partial charge on any atom is -0.326 e. The third-order valence-electron chi connectivity index (χ3n) is 1.72. The zero-order valence-corrected chi connectivity index (χ0v) is 13.3. The quantitative estimate of drug-likeness (QED) is 0.737. The second kappa shape index (κ2) is 9.00. The summed E-state index contributed by atoms with van der Waals surface area (Å²) in [5.74, 6) is 0.529. The first-order chi connectivity index (χ1) is 4.84. The fourth-order valence-corrected chi connectivity index (χ4v) is 0.870. The van der Waals surface area contributed by atoms with Gasteiger partial charge in [-0.3, -0.25) is 0 Å². The molecule has 12 heavy (non-hydrogen) atoms. The molecule has 60 valence electrons. The molecule has 0 fully saturated rings. The molecule has 0 bridgehead atoms. The molecule has 1 unspecified atom stereocenters. The van der Waals surface area contributed by atoms with Crippen molar-refractivity contribution >= 4 is 0 Å². The van der Waals surface area contributed by atoms with Gasteiger partial charge in [0.05, 0.1) is 0 Å². The summed E-state index contributed by atoms with van der Waals surface area (Å²) in [5, 5.41) is 0. The Kier molecular flexibility index (Phi) is 11.9. The van der Waals surface area contributed by atoms with Gasteiger partial charge in [-0.1, -0.05) is 6.92 Å². The van der Waals surface area contributed by atoms with Gasteiger partial charge in [0.1, 0.15) is 0 Å². The van der Waals surface area contributed by atoms with Crippen LogP contribution in [0.4, 0.5) is 0 Å². The Morgan fingerprint density at radius 3 is 2.42 bits per heavy atom. The minimum atomic E-state index is 0. The molecule has 0 nitrogen and oxygen atoms in total. The molecule has 0 aliphatic rings. The molecule has 0 spiro atoms. The van der Waals surface area contributed by atoms with Crippen LogP contribution < -0.4 is 0 Å². The molecule has 0 aliphatic heterocycles. The van der Waals surface area contributed by atoms with Crippen LogP contribution in [0.15, 0.2) is 24.3 Å². The predicted molar refractivity (Wildman–Crippen MR) is 43.7 cm³/mol. The van der Waals surface area contributed by atoms with E-state index < -0.39 is 0 Å². The Morgan fingerprint density at radius 1 is 1.33 bits per heavy atom. The Morgan fingerprint density at radius 2 is 2.00 bits per heavy atom. The Balaban J connectivity index is 0. The molecule has 0 amide bonds. The van der Waals surface area contributed by atoms with Crippen molar-refractivity contribution in [1.29, 1.82) is 0 Å². The van der Waals surface area contributed by atoms with E-state index in [0.717, 1.165) is 0 Å². The zero-order chi connectivity index (χ0) is 7.40. The molecule has 0 heterocycles. The maximum Gasteiger partial charge on any atom is 0 e. The summed E-state index contributed by atoms with van der Waals surface area (Å²) < 4.78 is 0. The van der Waals surface area contributed by atoms with E-state index in [4.69, 9.17) is 0 Å². The van der Waals surface area contributed by atoms with E-state index in [1.165, 1.54) is 5.56 Å². The molecule has 1 aromatic rings. The molecule has 2 heteroatoms. The molecular formula is C10H12Y2-2. The van der Waals surface area contributed by atoms with Gasteiger partial charge in [-0.2, -0.15) is 48.7 Å². The van der Waals surface area contributed by atoms with Crippen LogP contribution in [-0.4, -0.2) is 0 Å². The Bertz CT molecular complexity index is 184. The van der Waals surface area contributed by atoms with Crippen molar-refractivity contribution in [2.75, 3.05) is 0 Å². The van der Waals surface area contributed by atoms with E-state index in [1.54, 1.807) is 0 Å². The monoisotopic (exact) mass is 310 g/mol. The van der Waals surface area contributed by atoms with Gasteiger partial charge in [-0.15, -0.1) is 0 Å². The third kappa shape index (κ3) is 5.22. The molecule has 1 aromatic carbocycles. The average Bonchev–Trinajstić information content (AvgIpc) is 2.05. The number of hydrogen-bond donors (Lipinski definition) is 0. The SMILES string of the molecule is C[CH-]C(C)c1[c-]cccc1.[Y].[Y]. The van der Waals surface area contributed by atoms with Crippen LogP contribution >= 0.6 is 0 Å². The molecule has 1 rings (SSSR count). The van der Waals surface area contributed by atoms with E-state index >= 15 is 0 Å². The van der Waals surface area contributed by atoms with Gasteiger partial charge in [0.15, 0.2) is 0 Å². The molecule has 1 atom stereocenters. The summed E-state index contributed by atoms with van der Waals surface area (Å²) in [5.41, 5.74) is 1.27. The Labute approximate surface area is 126 Å². The van der Waals surface area contributed by atoms with Crippen LogP contribution in [0.3, 0.4) is 0 Å². The van der Waals surface area contributed by atoms with Gasteiger partial charge in [-0.25, -0.2) is 0 Å². The first-order valence-corrected chi connectivity index (χ1v) is 3.60. The van der Waals surface area contributed by atoms with Crippen LogP contribution in [0.5, 0.6) is 0 Å². The minimum absolute atomic E-state index is 0. The average molecular weight is 310 g/mol. The van der Waals surface area contributed by atoms with Crippen molar-refractivity contribution in [2.24, 2.45) is 0 Å². The first-order valence-electron chi connectivity index (χ1n) is 3.60. The Hall–Kier alpha value is 1.43. The number of benzene rings is 1. The number of hydrogen-bond acceptors (Lipinski definition) is 0. The molecule has 0 aliphatic carbocycles. The number of rotatable bonds is 2. The fraction of sp³-hybridized carbons (Fsp3) is 0.300. The van der Waals surface area contributed by atoms with Gasteiger partial charge < -0.3 is 6.42 Å². The molecule has 0 aromatic heterocycles. The van der Waals surface area contributed by atoms with Crippen molar-refractivity contribution in [3.63, 3.8) is 0 Å². The molecule has 0 N–H and O–H groups in total. The largest absolute Gasteiger partial charge is 0.326 e. The van der Waals surface area contributed by atoms with Crippen LogP contribution in [0.2, 0.25) is 0 Å². The van der Waals surface area contributed by atoms with Gasteiger partial charge in [0.2, 0.25) is 0 Å². The van der Waals surface area contributed by atoms with Gasteiger partial charge in [-0.05, 0) is 0 Å². The van der Waals surface area contributed by atoms with Crippen LogP contribution in [0.1, 0.15) is 25.3 Å². The van der Waals surface area contributed by atoms with Crippen LogP contribution in [0.25, 0.3) is 0 Å². The van der Waals surface area contributed by atoms with E-state index in [2.05, 4.69) is 32.4 Å². The molecule has 2 radical (unpaired) electrons. The topological polar surface area (TPSA) is 0 Å². The van der Waals surface area contributed by atoms with Crippen molar-refractivity contribution in [1.82, 2.24) is 0 Å². The maximum absolute atomic E-state index is 3.19. The van der Waals surface area contributed by atoms with E-state index in [0.29, 0.717) is 5.92 Å². The van der Waals surface area contributed by atoms with Crippen molar-refractivity contribution in [3.05, 3.63) is 42.3 Å². The third-order valence-corrected chi connectivity index (χ3v) is 1.72. The van der Waals surface area contributed by atoms with Crippen molar-refractivity contribution in [2.45, 2.75) is 19.8 Å². The smallest absolute Gasteiger partial charge is 0 e. The second-order valence-corrected chi connectivity index (χ2v) is 2.44. The standard InChI is InChI=1S/C10H12.2Y/c1-3-9(2)10-7-5-4-6-8-10;;/h3-7,9H,1-2H3;;/q-2;;. The summed E-state index contributed by atoms with van der Waals surface area (Å²) in [7, 11) is 0. The fourth-order valence-electron chi connectivity index (χ4n) is 0.870. The maximum atomic E-state index is 3.19. The normalized spacial score (nSPS) is 10.8. The van der Waals surface area contributed by atoms with Crippen molar-refractivity contribution in [3.8, 4) is 0 Å². The predicted octanol–water partition coefficient (Wildman–Crippen LogP) is 2.81. The first kappa shape index (κ1) is 15.9. The molecule has 0 saturated heterocycles. The second-order valence-electron chi connectivity index (χ2n) is 2.44. The van der Waals surface area contributed by atoms with E-state index in [1.807, 2.05) is 18.2 Å². The van der Waals surface area contributed by atoms with E-state index in [-0.39, 0.29) is 65.4 Å². The summed E-state index contributed by atoms with van der Waals surface area (Å²) >= 11 is 0. The van der Waals surface area contributed by atoms with Crippen molar-refractivity contribution < 1.29 is 65.4 Å². The van der Waals surface area contributed by atoms with Gasteiger partial charge >= 0.3 is 0 Å². The van der Waals surface area contributed by atoms with Gasteiger partial charge in [0.25, 0.3) is 0 Å².